The van der Waals surface area contributed by atoms with Gasteiger partial charge in [0.2, 0.25) is 17.8 Å². The molecule has 7 aliphatic rings. The molecule has 1 fully saturated rings. The summed E-state index contributed by atoms with van der Waals surface area (Å²) < 4.78 is 14.6. The molecule has 12 heterocycles. The maximum absolute atomic E-state index is 13.9. The summed E-state index contributed by atoms with van der Waals surface area (Å²) in [7, 11) is 15.2. The van der Waals surface area contributed by atoms with Crippen LogP contribution in [-0.2, 0) is 68.5 Å². The minimum Gasteiger partial charge on any atom is -0.497 e. The van der Waals surface area contributed by atoms with Gasteiger partial charge in [0, 0.05) is 151 Å². The number of benzene rings is 6. The van der Waals surface area contributed by atoms with E-state index >= 15 is 0 Å². The quantitative estimate of drug-likeness (QED) is 0.0373. The predicted molar refractivity (Wildman–Crippen MR) is 583 cm³/mol. The lowest BCUT2D eigenvalue weighted by Crippen LogP contribution is -2.66. The third-order valence-corrected chi connectivity index (χ3v) is 33.2. The van der Waals surface area contributed by atoms with Gasteiger partial charge in [0.15, 0.2) is 52.6 Å². The lowest BCUT2D eigenvalue weighted by molar-refractivity contribution is -0.143. The molecule has 41 heteroatoms. The van der Waals surface area contributed by atoms with Gasteiger partial charge in [-0.25, -0.2) is 34.7 Å². The van der Waals surface area contributed by atoms with E-state index in [4.69, 9.17) is 54.1 Å². The molecule has 1 saturated heterocycles. The number of anilines is 2. The van der Waals surface area contributed by atoms with Crippen molar-refractivity contribution in [2.45, 2.75) is 144 Å². The van der Waals surface area contributed by atoms with Gasteiger partial charge in [-0.05, 0) is 247 Å². The highest BCUT2D eigenvalue weighted by Crippen LogP contribution is 2.52. The minimum atomic E-state index is -1.27. The van der Waals surface area contributed by atoms with E-state index in [1.165, 1.54) is 53.4 Å². The van der Waals surface area contributed by atoms with Crippen LogP contribution in [0.15, 0.2) is 255 Å². The number of nitrogens with zero attached hydrogens (tertiary/aromatic N) is 19. The molecule has 18 rings (SSSR count). The zero-order chi connectivity index (χ0) is 106. The van der Waals surface area contributed by atoms with Crippen molar-refractivity contribution in [3.63, 3.8) is 0 Å². The molecule has 0 aliphatic carbocycles. The second-order valence-electron chi connectivity index (χ2n) is 37.2. The molecule has 7 amide bonds. The average molecular weight is 2180 g/mol. The molecule has 9 atom stereocenters. The van der Waals surface area contributed by atoms with E-state index in [2.05, 4.69) is 145 Å². The van der Waals surface area contributed by atoms with E-state index in [-0.39, 0.29) is 71.1 Å². The number of guanidine groups is 6. The summed E-state index contributed by atoms with van der Waals surface area (Å²) in [4.78, 5) is 117. The molecular weight excluding hydrogens is 2060 g/mol. The number of ether oxygens (including phenoxy) is 2. The number of nitriles is 3. The number of amides is 7. The lowest BCUT2D eigenvalue weighted by Gasteiger charge is -2.49. The van der Waals surface area contributed by atoms with E-state index in [0.717, 1.165) is 96.0 Å². The maximum Gasteiger partial charge on any atom is 0.319 e. The molecule has 6 aromatic carbocycles. The Morgan fingerprint density at radius 1 is 0.541 bits per heavy atom. The SMILES string of the molecule is CC(C)NC(=O)Nc1cccc(C2(c3ccccc3)N=C(N)N(C)C2=O)c1.CN1C(=O)C[C@@](C)(c2cc(-c3ccc(C#N)cc3)cs2)N=C1N.CN1C(=O)[C@@](CCCc2ccccc2)(n2cccn2)[C@@](C)(c2cc(Br)cs2)N=C1N.CN1C(N)=NC(C)(c2cc(Br)cs2)N1C.COC1C(=O)N(C)C(N)=NC1(C)c1cc(-c2cc(C#N)cc(C#N)c2)cs1.COc1cccc(N2CCCC([C@]3(C)CC(=O)N(C)C(N)=N3)C2)c1. The Labute approximate surface area is 882 Å². The molecule has 14 N–H and O–H groups in total. The van der Waals surface area contributed by atoms with Crippen LogP contribution in [-0.4, -0.2) is 210 Å². The highest BCUT2D eigenvalue weighted by atomic mass is 79.9. The van der Waals surface area contributed by atoms with Crippen molar-refractivity contribution in [1.29, 1.82) is 15.8 Å². The van der Waals surface area contributed by atoms with Gasteiger partial charge in [0.1, 0.15) is 22.4 Å². The Morgan fingerprint density at radius 3 is 1.68 bits per heavy atom. The summed E-state index contributed by atoms with van der Waals surface area (Å²) in [6.07, 6.45) is 7.87. The van der Waals surface area contributed by atoms with Crippen molar-refractivity contribution in [3.8, 4) is 46.2 Å². The van der Waals surface area contributed by atoms with Gasteiger partial charge in [-0.15, -0.1) is 45.3 Å². The van der Waals surface area contributed by atoms with E-state index in [9.17, 15) is 39.3 Å². The Morgan fingerprint density at radius 2 is 1.11 bits per heavy atom. The summed E-state index contributed by atoms with van der Waals surface area (Å²) in [6.45, 7) is 15.5. The molecule has 35 nitrogen and oxygen atoms in total. The zero-order valence-corrected chi connectivity index (χ0v) is 90.4. The lowest BCUT2D eigenvalue weighted by atomic mass is 9.71. The molecule has 7 aliphatic heterocycles. The molecule has 5 aromatic heterocycles. The van der Waals surface area contributed by atoms with Crippen molar-refractivity contribution in [2.24, 2.45) is 70.3 Å². The fourth-order valence-electron chi connectivity index (χ4n) is 18.3. The number of rotatable bonds is 19. The normalized spacial score (nSPS) is 23.3. The van der Waals surface area contributed by atoms with Gasteiger partial charge < -0.3 is 59.4 Å². The van der Waals surface area contributed by atoms with Crippen molar-refractivity contribution >= 4 is 160 Å². The fraction of sp³-hybridized carbons (Fsp3) is 0.333. The molecule has 760 valence electrons. The number of hydrazine groups is 1. The van der Waals surface area contributed by atoms with Crippen LogP contribution in [0, 0.1) is 39.9 Å². The van der Waals surface area contributed by atoms with Crippen molar-refractivity contribution in [2.75, 3.05) is 86.9 Å². The molecular formula is C105H119Br2N27O8S4. The predicted octanol–water partition coefficient (Wildman–Crippen LogP) is 14.9. The summed E-state index contributed by atoms with van der Waals surface area (Å²) >= 11 is 13.2. The number of nitrogens with two attached hydrogens (primary N) is 6. The Balaban J connectivity index is 0.000000148. The molecule has 5 unspecified atom stereocenters. The van der Waals surface area contributed by atoms with Crippen LogP contribution in [0.2, 0.25) is 0 Å². The van der Waals surface area contributed by atoms with Crippen LogP contribution in [0.1, 0.15) is 140 Å². The first-order valence-electron chi connectivity index (χ1n) is 46.7. The second-order valence-corrected chi connectivity index (χ2v) is 42.6. The van der Waals surface area contributed by atoms with Crippen LogP contribution in [0.4, 0.5) is 16.2 Å². The number of hydrogen-bond acceptors (Lipinski definition) is 31. The van der Waals surface area contributed by atoms with Gasteiger partial charge in [-0.1, -0.05) is 91.0 Å². The topological polar surface area (TPSA) is 490 Å². The van der Waals surface area contributed by atoms with Crippen LogP contribution in [0.3, 0.4) is 0 Å². The molecule has 11 aromatic rings. The smallest absolute Gasteiger partial charge is 0.319 e. The first kappa shape index (κ1) is 109. The van der Waals surface area contributed by atoms with Crippen LogP contribution in [0.5, 0.6) is 5.75 Å². The molecule has 0 bridgehead atoms. The number of piperidine rings is 1. The van der Waals surface area contributed by atoms with E-state index in [0.29, 0.717) is 70.6 Å². The zero-order valence-electron chi connectivity index (χ0n) is 84.0. The first-order valence-corrected chi connectivity index (χ1v) is 51.8. The maximum atomic E-state index is 13.9. The van der Waals surface area contributed by atoms with Gasteiger partial charge in [0.05, 0.1) is 60.4 Å². The number of aryl methyl sites for hydroxylation is 1. The number of methoxy groups -OCH3 is 2. The van der Waals surface area contributed by atoms with Crippen molar-refractivity contribution in [3.05, 3.63) is 278 Å². The largest absolute Gasteiger partial charge is 0.497 e. The number of halogens is 2. The standard InChI is InChI=1S/C22H24BrN5OS.C20H23N5O2.C19H17N5O2S.C18H26N4O2.C17H16N4OS.C9H13BrN4S/c1-21(18-14-17(23)15-30-18)22(28-13-7-12-25-28,19(29)27(2)20(24)26-21)11-6-10-16-8-4-3-5-9-16;1-13(2)22-19(27)23-16-11-7-10-15(12-16)20(14-8-5-4-6-9-14)17(26)25(3)18(21)24-20;1-19(16(26-3)17(25)24(2)18(22)23-19)15-7-14(10-27-15)13-5-11(8-20)4-12(6-13)9-21;1-18(11-16(23)21(2)17(19)20-18)13-6-5-9-22(12-13)14-7-4-8-15(10-14)24-3;1-17(8-15(22)21(2)16(19)20-17)14-7-13(10-23-14)12-5-3-11(9-18)4-6-12;1-9(7-4-6(10)5-15-7)12-8(11)13(2)14(9)3/h3-5,7-9,12-15H,6,10-11H2,1-2H3,(H2,24,26);4-13H,1-3H3,(H2,21,24)(H2,22,23,27);4-7,10,16H,1-3H3,(H2,22,23);4,7-8,10,13H,5-6,9,11-12H2,1-3H3,(H2,19,20);3-7,10H,8H2,1-2H3,(H2,19,20);4-5H,1-3H3,(H2,11,12)/t21-,22-;;;13?,18-;17-;/m1..00./s1. The van der Waals surface area contributed by atoms with E-state index in [1.807, 2.05) is 177 Å². The summed E-state index contributed by atoms with van der Waals surface area (Å²) in [5.41, 5.74) is 39.6. The number of carbonyl (C=O) groups is 6. The van der Waals surface area contributed by atoms with Gasteiger partial charge >= 0.3 is 6.03 Å². The number of aromatic nitrogens is 2. The summed E-state index contributed by atoms with van der Waals surface area (Å²) in [6, 6.07) is 63.1. The average Bonchev–Trinajstić information content (AvgIpc) is 1.27. The summed E-state index contributed by atoms with van der Waals surface area (Å²) in [5.74, 6) is 2.19. The van der Waals surface area contributed by atoms with Crippen molar-refractivity contribution < 1.29 is 38.2 Å². The first-order chi connectivity index (χ1) is 69.4. The summed E-state index contributed by atoms with van der Waals surface area (Å²) in [5, 5.41) is 49.2. The number of likely N-dealkylation sites (N-methyl/N-ethyl adjacent to an activating group) is 3. The van der Waals surface area contributed by atoms with Gasteiger partial charge in [0.25, 0.3) is 17.7 Å². The second kappa shape index (κ2) is 45.4. The number of carbonyl (C=O) groups excluding carboxylic acids is 6. The highest BCUT2D eigenvalue weighted by molar-refractivity contribution is 9.10. The fourth-order valence-corrected chi connectivity index (χ4v) is 23.6. The number of aliphatic imine (C=N–C) groups is 6. The Bertz CT molecular complexity index is 6960. The number of hydrogen-bond donors (Lipinski definition) is 8. The number of nitrogens with one attached hydrogen (secondary N) is 2. The van der Waals surface area contributed by atoms with Gasteiger partial charge in [-0.3, -0.25) is 58.2 Å². The Hall–Kier alpha value is -14.5. The highest BCUT2D eigenvalue weighted by Gasteiger charge is 2.62. The van der Waals surface area contributed by atoms with E-state index < -0.39 is 39.3 Å². The number of urea groups is 1. The molecule has 0 saturated carbocycles. The third-order valence-electron chi connectivity index (χ3n) is 27.1. The molecule has 0 radical (unpaired) electrons. The monoisotopic (exact) mass is 2170 g/mol. The van der Waals surface area contributed by atoms with E-state index in [1.54, 1.807) is 143 Å². The molecule has 146 heavy (non-hydrogen) atoms. The molecule has 0 spiro atoms. The van der Waals surface area contributed by atoms with Crippen LogP contribution in [0.25, 0.3) is 22.3 Å². The van der Waals surface area contributed by atoms with Crippen LogP contribution < -0.4 is 54.7 Å². The minimum absolute atomic E-state index is 0.0123. The number of thiophene rings is 4. The van der Waals surface area contributed by atoms with Gasteiger partial charge in [-0.2, -0.15) is 25.9 Å². The Kier molecular flexibility index (Phi) is 33.9. The van der Waals surface area contributed by atoms with Crippen LogP contribution >= 0.6 is 77.2 Å². The van der Waals surface area contributed by atoms with Crippen molar-refractivity contribution in [1.82, 2.24) is 49.6 Å². The third kappa shape index (κ3) is 22.8.